The second-order valence-electron chi connectivity index (χ2n) is 3.30. The summed E-state index contributed by atoms with van der Waals surface area (Å²) < 4.78 is 0. The van der Waals surface area contributed by atoms with Gasteiger partial charge in [0.2, 0.25) is 0 Å². The second-order valence-corrected chi connectivity index (χ2v) is 3.30. The van der Waals surface area contributed by atoms with Crippen LogP contribution in [0.15, 0.2) is 30.0 Å². The molecule has 0 aromatic heterocycles. The predicted octanol–water partition coefficient (Wildman–Crippen LogP) is -0.652. The van der Waals surface area contributed by atoms with Gasteiger partial charge >= 0.3 is 0 Å². The summed E-state index contributed by atoms with van der Waals surface area (Å²) in [5.41, 5.74) is 1.06. The maximum Gasteiger partial charge on any atom is 0.118 e. The highest BCUT2D eigenvalue weighted by atomic mass is 14.9. The summed E-state index contributed by atoms with van der Waals surface area (Å²) in [7, 11) is 6.67. The minimum Gasteiger partial charge on any atom is -0.284 e. The Hall–Kier alpha value is -2.24. The maximum atomic E-state index is 4.21. The van der Waals surface area contributed by atoms with E-state index in [0.29, 0.717) is 32.8 Å². The fraction of sp³-hybridized carbons (Fsp3) is 0.333. The quantitative estimate of drug-likeness (QED) is 0.620. The van der Waals surface area contributed by atoms with Gasteiger partial charge in [0, 0.05) is 28.2 Å². The first-order chi connectivity index (χ1) is 8.69. The van der Waals surface area contributed by atoms with E-state index in [4.69, 9.17) is 0 Å². The van der Waals surface area contributed by atoms with Crippen LogP contribution in [0.1, 0.15) is 0 Å². The predicted molar refractivity (Wildman–Crippen MR) is 73.2 cm³/mol. The molecule has 0 atom stereocenters. The Morgan fingerprint density at radius 3 is 1.00 bits per heavy atom. The highest BCUT2D eigenvalue weighted by Crippen LogP contribution is 2.15. The number of hydrogen-bond donors (Lipinski definition) is 0. The molecule has 0 amide bonds. The summed E-state index contributed by atoms with van der Waals surface area (Å²) in [5, 5.41) is 2.47. The zero-order valence-corrected chi connectivity index (χ0v) is 11.1. The average Bonchev–Trinajstić information content (AvgIpc) is 2.43. The highest BCUT2D eigenvalue weighted by molar-refractivity contribution is 5.65. The molecule has 0 N–H and O–H groups in total. The van der Waals surface area contributed by atoms with Crippen molar-refractivity contribution in [2.75, 3.05) is 28.2 Å². The van der Waals surface area contributed by atoms with E-state index in [1.165, 1.54) is 0 Å². The van der Waals surface area contributed by atoms with Gasteiger partial charge in [-0.1, -0.05) is 0 Å². The maximum absolute atomic E-state index is 4.21. The van der Waals surface area contributed by atoms with Gasteiger partial charge in [0.25, 0.3) is 0 Å². The van der Waals surface area contributed by atoms with E-state index < -0.39 is 0 Å². The Kier molecular flexibility index (Phi) is 4.53. The Morgan fingerprint density at radius 1 is 0.556 bits per heavy atom. The van der Waals surface area contributed by atoms with Gasteiger partial charge in [-0.3, -0.25) is 30.0 Å². The van der Waals surface area contributed by atoms with Crippen LogP contribution in [0.25, 0.3) is 0 Å². The summed E-state index contributed by atoms with van der Waals surface area (Å²) in [6, 6.07) is 0. The molecule has 0 aliphatic heterocycles. The third-order valence-corrected chi connectivity index (χ3v) is 2.56. The van der Waals surface area contributed by atoms with Gasteiger partial charge in [0.15, 0.2) is 0 Å². The first-order valence-electron chi connectivity index (χ1n) is 5.26. The SMILES string of the molecule is C=Nc1c(N=C)c(=NC)c(=NC)c(=NC)c1=NC. The van der Waals surface area contributed by atoms with Crippen LogP contribution in [0.2, 0.25) is 0 Å². The third kappa shape index (κ3) is 1.97. The number of benzene rings is 1. The molecule has 0 unspecified atom stereocenters. The van der Waals surface area contributed by atoms with Crippen LogP contribution in [-0.2, 0) is 0 Å². The minimum absolute atomic E-state index is 0.529. The second kappa shape index (κ2) is 5.90. The largest absolute Gasteiger partial charge is 0.284 e. The first kappa shape index (κ1) is 13.8. The molecule has 94 valence electrons. The molecule has 1 rings (SSSR count). The van der Waals surface area contributed by atoms with Crippen molar-refractivity contribution >= 4 is 24.8 Å². The van der Waals surface area contributed by atoms with Crippen molar-refractivity contribution in [3.05, 3.63) is 21.4 Å². The van der Waals surface area contributed by atoms with Crippen LogP contribution in [0.4, 0.5) is 11.4 Å². The molecule has 0 aliphatic rings. The molecule has 0 fully saturated rings. The van der Waals surface area contributed by atoms with E-state index in [-0.39, 0.29) is 0 Å². The van der Waals surface area contributed by atoms with Crippen molar-refractivity contribution < 1.29 is 0 Å². The first-order valence-corrected chi connectivity index (χ1v) is 5.26. The summed E-state index contributed by atoms with van der Waals surface area (Å²) in [6.45, 7) is 7.09. The molecule has 18 heavy (non-hydrogen) atoms. The molecule has 0 saturated heterocycles. The van der Waals surface area contributed by atoms with Crippen LogP contribution in [0.5, 0.6) is 0 Å². The molecule has 6 nitrogen and oxygen atoms in total. The van der Waals surface area contributed by atoms with Gasteiger partial charge in [-0.25, -0.2) is 0 Å². The van der Waals surface area contributed by atoms with Crippen LogP contribution in [0, 0.1) is 0 Å². The van der Waals surface area contributed by atoms with Gasteiger partial charge in [-0.15, -0.1) is 0 Å². The fourth-order valence-electron chi connectivity index (χ4n) is 1.82. The Morgan fingerprint density at radius 2 is 0.833 bits per heavy atom. The van der Waals surface area contributed by atoms with E-state index in [0.717, 1.165) is 0 Å². The van der Waals surface area contributed by atoms with Crippen LogP contribution in [0.3, 0.4) is 0 Å². The molecule has 6 heteroatoms. The standard InChI is InChI=1S/C12H16N6/c1-13-7-8(14-2)10(16-4)12(18-6)11(17-5)9(7)15-3/h1-2H2,3-6H3. The monoisotopic (exact) mass is 244 g/mol. The van der Waals surface area contributed by atoms with E-state index in [9.17, 15) is 0 Å². The van der Waals surface area contributed by atoms with Crippen molar-refractivity contribution in [3.63, 3.8) is 0 Å². The van der Waals surface area contributed by atoms with Gasteiger partial charge in [-0.2, -0.15) is 0 Å². The number of hydrogen-bond acceptors (Lipinski definition) is 6. The zero-order valence-electron chi connectivity index (χ0n) is 11.1. The van der Waals surface area contributed by atoms with E-state index in [2.05, 4.69) is 43.4 Å². The van der Waals surface area contributed by atoms with Crippen LogP contribution in [-0.4, -0.2) is 41.6 Å². The van der Waals surface area contributed by atoms with Crippen molar-refractivity contribution in [1.29, 1.82) is 0 Å². The van der Waals surface area contributed by atoms with Gasteiger partial charge in [0.1, 0.15) is 32.8 Å². The number of nitrogens with zero attached hydrogens (tertiary/aromatic N) is 6. The third-order valence-electron chi connectivity index (χ3n) is 2.56. The lowest BCUT2D eigenvalue weighted by molar-refractivity contribution is 1.04. The molecule has 0 spiro atoms. The average molecular weight is 244 g/mol. The van der Waals surface area contributed by atoms with Crippen molar-refractivity contribution in [1.82, 2.24) is 0 Å². The molecule has 0 aliphatic carbocycles. The highest BCUT2D eigenvalue weighted by Gasteiger charge is 2.10. The molecule has 0 heterocycles. The molecule has 0 bridgehead atoms. The summed E-state index contributed by atoms with van der Waals surface area (Å²) >= 11 is 0. The fourth-order valence-corrected chi connectivity index (χ4v) is 1.82. The molecular formula is C12H16N6. The number of rotatable bonds is 2. The Labute approximate surface area is 105 Å². The molecule has 1 aromatic rings. The summed E-state index contributed by atoms with van der Waals surface area (Å²) in [4.78, 5) is 24.7. The Bertz CT molecular complexity index is 652. The van der Waals surface area contributed by atoms with Gasteiger partial charge in [0.05, 0.1) is 0 Å². The number of aliphatic imine (C=N–C) groups is 2. The topological polar surface area (TPSA) is 74.2 Å². The summed E-state index contributed by atoms with van der Waals surface area (Å²) in [5.74, 6) is 0. The lowest BCUT2D eigenvalue weighted by Gasteiger charge is -2.02. The lowest BCUT2D eigenvalue weighted by Crippen LogP contribution is -2.49. The van der Waals surface area contributed by atoms with Gasteiger partial charge in [-0.05, 0) is 13.4 Å². The smallest absolute Gasteiger partial charge is 0.118 e. The Balaban J connectivity index is 4.44. The van der Waals surface area contributed by atoms with E-state index in [1.807, 2.05) is 0 Å². The van der Waals surface area contributed by atoms with Crippen LogP contribution >= 0.6 is 0 Å². The summed E-state index contributed by atoms with van der Waals surface area (Å²) in [6.07, 6.45) is 0. The van der Waals surface area contributed by atoms with Crippen molar-refractivity contribution in [3.8, 4) is 0 Å². The molecular weight excluding hydrogens is 228 g/mol. The van der Waals surface area contributed by atoms with Crippen LogP contribution < -0.4 is 21.4 Å². The lowest BCUT2D eigenvalue weighted by atomic mass is 10.2. The van der Waals surface area contributed by atoms with E-state index >= 15 is 0 Å². The zero-order chi connectivity index (χ0) is 13.7. The molecule has 0 radical (unpaired) electrons. The van der Waals surface area contributed by atoms with E-state index in [1.54, 1.807) is 28.2 Å². The molecule has 1 aromatic carbocycles. The van der Waals surface area contributed by atoms with Gasteiger partial charge < -0.3 is 0 Å². The molecule has 0 saturated carbocycles. The van der Waals surface area contributed by atoms with Crippen molar-refractivity contribution in [2.24, 2.45) is 30.0 Å². The van der Waals surface area contributed by atoms with Crippen molar-refractivity contribution in [2.45, 2.75) is 0 Å². The minimum atomic E-state index is 0.529. The normalized spacial score (nSPS) is 15.3.